The van der Waals surface area contributed by atoms with Crippen LogP contribution in [0.2, 0.25) is 0 Å². The third kappa shape index (κ3) is 4.08. The lowest BCUT2D eigenvalue weighted by molar-refractivity contribution is -0.140. The third-order valence-corrected chi connectivity index (χ3v) is 7.21. The second-order valence-corrected chi connectivity index (χ2v) is 9.27. The maximum Gasteiger partial charge on any atom is 0.412 e. The lowest BCUT2D eigenvalue weighted by atomic mass is 10.1. The maximum absolute atomic E-state index is 12.2. The predicted octanol–water partition coefficient (Wildman–Crippen LogP) is 3.88. The molecular formula is C22H13N5O5S2. The van der Waals surface area contributed by atoms with Crippen molar-refractivity contribution in [1.82, 2.24) is 15.1 Å². The van der Waals surface area contributed by atoms with Crippen molar-refractivity contribution in [2.45, 2.75) is 24.9 Å². The number of carboxylic acids is 1. The van der Waals surface area contributed by atoms with Gasteiger partial charge in [0.05, 0.1) is 0 Å². The van der Waals surface area contributed by atoms with E-state index in [1.54, 1.807) is 0 Å². The Bertz CT molecular complexity index is 1480. The Hall–Kier alpha value is -4.26. The van der Waals surface area contributed by atoms with Crippen molar-refractivity contribution in [1.29, 1.82) is 5.26 Å². The topological polar surface area (TPSA) is 151 Å². The number of fused-ring (bicyclic) bond motifs is 1. The molecule has 1 fully saturated rings. The van der Waals surface area contributed by atoms with Crippen LogP contribution in [-0.2, 0) is 21.6 Å². The number of rotatable bonds is 5. The summed E-state index contributed by atoms with van der Waals surface area (Å²) < 4.78 is 10.3. The summed E-state index contributed by atoms with van der Waals surface area (Å²) in [5.41, 5.74) is -0.208. The minimum Gasteiger partial charge on any atom is -0.481 e. The van der Waals surface area contributed by atoms with E-state index in [4.69, 9.17) is 9.26 Å². The van der Waals surface area contributed by atoms with Gasteiger partial charge in [0.25, 0.3) is 0 Å². The number of carbonyl (C=O) groups excluding carboxylic acids is 1. The van der Waals surface area contributed by atoms with Crippen molar-refractivity contribution in [2.75, 3.05) is 5.32 Å². The molecule has 1 aliphatic rings. The van der Waals surface area contributed by atoms with Crippen LogP contribution in [0, 0.1) is 23.2 Å². The van der Waals surface area contributed by atoms with Gasteiger partial charge in [0.15, 0.2) is 14.7 Å². The van der Waals surface area contributed by atoms with Gasteiger partial charge in [0, 0.05) is 0 Å². The fourth-order valence-electron chi connectivity index (χ4n) is 3.08. The van der Waals surface area contributed by atoms with Gasteiger partial charge in [-0.1, -0.05) is 58.2 Å². The second-order valence-electron chi connectivity index (χ2n) is 7.32. The number of hydrogen-bond acceptors (Lipinski definition) is 10. The summed E-state index contributed by atoms with van der Waals surface area (Å²) in [6.07, 6.45) is 0.364. The molecule has 0 spiro atoms. The van der Waals surface area contributed by atoms with Gasteiger partial charge in [-0.3, -0.25) is 10.1 Å². The molecular weight excluding hydrogens is 478 g/mol. The van der Waals surface area contributed by atoms with E-state index in [0.29, 0.717) is 32.5 Å². The highest BCUT2D eigenvalue weighted by Gasteiger charge is 2.54. The van der Waals surface area contributed by atoms with Crippen molar-refractivity contribution in [3.8, 4) is 17.9 Å². The van der Waals surface area contributed by atoms with Crippen LogP contribution in [-0.4, -0.2) is 32.3 Å². The number of nitrogens with zero attached hydrogens (tertiary/aromatic N) is 4. The van der Waals surface area contributed by atoms with Crippen LogP contribution in [0.15, 0.2) is 34.9 Å². The first-order valence-corrected chi connectivity index (χ1v) is 11.5. The van der Waals surface area contributed by atoms with Crippen molar-refractivity contribution < 1.29 is 24.0 Å². The third-order valence-electron chi connectivity index (χ3n) is 5.07. The van der Waals surface area contributed by atoms with E-state index in [9.17, 15) is 20.0 Å². The highest BCUT2D eigenvalue weighted by molar-refractivity contribution is 7.26. The first-order chi connectivity index (χ1) is 16.5. The summed E-state index contributed by atoms with van der Waals surface area (Å²) in [6, 6.07) is 11.0. The molecule has 1 aromatic carbocycles. The molecule has 0 saturated heterocycles. The Labute approximate surface area is 199 Å². The van der Waals surface area contributed by atoms with Crippen molar-refractivity contribution in [3.05, 3.63) is 57.4 Å². The maximum atomic E-state index is 12.2. The number of nitriles is 1. The lowest BCUT2D eigenvalue weighted by Crippen LogP contribution is -2.18. The molecule has 10 nitrogen and oxygen atoms in total. The van der Waals surface area contributed by atoms with Crippen LogP contribution in [0.25, 0.3) is 9.66 Å². The van der Waals surface area contributed by atoms with Gasteiger partial charge in [-0.05, 0) is 30.2 Å². The molecule has 3 aromatic heterocycles. The van der Waals surface area contributed by atoms with Gasteiger partial charge in [0.2, 0.25) is 11.5 Å². The SMILES string of the molecule is N#Cc1noc(C#Cc2nc3sc(C4(C(=O)O)CC4)nc3s2)c1NC(=O)OCc1ccccc1. The lowest BCUT2D eigenvalue weighted by Gasteiger charge is -2.05. The average molecular weight is 492 g/mol. The van der Waals surface area contributed by atoms with E-state index in [1.165, 1.54) is 22.7 Å². The second kappa shape index (κ2) is 8.59. The Morgan fingerprint density at radius 1 is 1.18 bits per heavy atom. The quantitative estimate of drug-likeness (QED) is 0.396. The summed E-state index contributed by atoms with van der Waals surface area (Å²) in [5.74, 6) is 4.64. The molecule has 12 heteroatoms. The zero-order valence-corrected chi connectivity index (χ0v) is 18.8. The van der Waals surface area contributed by atoms with Crippen LogP contribution in [0.1, 0.15) is 39.9 Å². The van der Waals surface area contributed by atoms with E-state index in [1.807, 2.05) is 36.4 Å². The monoisotopic (exact) mass is 491 g/mol. The number of aromatic nitrogens is 3. The largest absolute Gasteiger partial charge is 0.481 e. The predicted molar refractivity (Wildman–Crippen MR) is 121 cm³/mol. The molecule has 0 atom stereocenters. The van der Waals surface area contributed by atoms with Crippen LogP contribution in [0.4, 0.5) is 10.5 Å². The molecule has 1 aliphatic carbocycles. The molecule has 168 valence electrons. The number of carbonyl (C=O) groups is 2. The van der Waals surface area contributed by atoms with Gasteiger partial charge >= 0.3 is 12.1 Å². The molecule has 3 heterocycles. The molecule has 1 saturated carbocycles. The fourth-order valence-corrected chi connectivity index (χ4v) is 5.22. The van der Waals surface area contributed by atoms with E-state index in [-0.39, 0.29) is 23.7 Å². The van der Waals surface area contributed by atoms with E-state index >= 15 is 0 Å². The summed E-state index contributed by atoms with van der Waals surface area (Å²) in [6.45, 7) is 0.0505. The van der Waals surface area contributed by atoms with Crippen LogP contribution in [0.5, 0.6) is 0 Å². The number of aliphatic carboxylic acids is 1. The number of thiazole rings is 2. The average Bonchev–Trinajstić information content (AvgIpc) is 3.23. The Morgan fingerprint density at radius 3 is 2.62 bits per heavy atom. The molecule has 0 aliphatic heterocycles. The first-order valence-electron chi connectivity index (χ1n) is 9.89. The van der Waals surface area contributed by atoms with Gasteiger partial charge in [-0.15, -0.1) is 0 Å². The van der Waals surface area contributed by atoms with E-state index < -0.39 is 17.5 Å². The van der Waals surface area contributed by atoms with E-state index in [2.05, 4.69) is 32.3 Å². The molecule has 4 aromatic rings. The van der Waals surface area contributed by atoms with E-state index in [0.717, 1.165) is 5.56 Å². The van der Waals surface area contributed by atoms with Crippen molar-refractivity contribution >= 4 is 50.1 Å². The molecule has 5 rings (SSSR count). The van der Waals surface area contributed by atoms with Gasteiger partial charge in [-0.25, -0.2) is 14.8 Å². The highest BCUT2D eigenvalue weighted by atomic mass is 32.1. The first kappa shape index (κ1) is 21.6. The van der Waals surface area contributed by atoms with Crippen LogP contribution < -0.4 is 5.32 Å². The normalized spacial score (nSPS) is 13.5. The number of amides is 1. The summed E-state index contributed by atoms with van der Waals surface area (Å²) in [4.78, 5) is 33.8. The number of benzene rings is 1. The molecule has 0 radical (unpaired) electrons. The highest BCUT2D eigenvalue weighted by Crippen LogP contribution is 2.50. The number of ether oxygens (including phenoxy) is 1. The number of hydrogen-bond donors (Lipinski definition) is 2. The van der Waals surface area contributed by atoms with Crippen LogP contribution >= 0.6 is 22.7 Å². The minimum absolute atomic E-state index is 0.00368. The van der Waals surface area contributed by atoms with Crippen molar-refractivity contribution in [3.63, 3.8) is 0 Å². The summed E-state index contributed by atoms with van der Waals surface area (Å²) in [5, 5.41) is 25.8. The minimum atomic E-state index is -0.875. The summed E-state index contributed by atoms with van der Waals surface area (Å²) >= 11 is 2.46. The molecule has 2 N–H and O–H groups in total. The Morgan fingerprint density at radius 2 is 1.94 bits per heavy atom. The molecule has 0 unspecified atom stereocenters. The molecule has 1 amide bonds. The number of anilines is 1. The Balaban J connectivity index is 1.32. The smallest absolute Gasteiger partial charge is 0.412 e. The van der Waals surface area contributed by atoms with Crippen LogP contribution in [0.3, 0.4) is 0 Å². The summed E-state index contributed by atoms with van der Waals surface area (Å²) in [7, 11) is 0. The Kier molecular flexibility index (Phi) is 5.45. The zero-order chi connectivity index (χ0) is 23.7. The zero-order valence-electron chi connectivity index (χ0n) is 17.2. The van der Waals surface area contributed by atoms with Gasteiger partial charge < -0.3 is 14.4 Å². The van der Waals surface area contributed by atoms with Gasteiger partial charge in [-0.2, -0.15) is 5.26 Å². The van der Waals surface area contributed by atoms with Crippen molar-refractivity contribution in [2.24, 2.45) is 0 Å². The number of nitrogens with one attached hydrogen (secondary N) is 1. The molecule has 0 bridgehead atoms. The fraction of sp³-hybridized carbons (Fsp3) is 0.182. The standard InChI is InChI=1S/C22H13N5O5S2/c23-10-13-16(25-21(30)31-11-12-4-2-1-3-5-12)14(32-27-13)6-7-15-24-17-18(33-15)26-19(34-17)22(8-9-22)20(28)29/h1-5H,8-9,11H2,(H,25,30)(H,28,29). The van der Waals surface area contributed by atoms with Gasteiger partial charge in [0.1, 0.15) is 28.8 Å². The number of carboxylic acid groups (broad SMARTS) is 1. The molecule has 34 heavy (non-hydrogen) atoms.